The summed E-state index contributed by atoms with van der Waals surface area (Å²) in [7, 11) is 0. The molecule has 2 aliphatic rings. The van der Waals surface area contributed by atoms with Crippen molar-refractivity contribution in [3.8, 4) is 0 Å². The average Bonchev–Trinajstić information content (AvgIpc) is 3.08. The van der Waals surface area contributed by atoms with E-state index < -0.39 is 4.92 Å². The minimum Gasteiger partial charge on any atom is -0.336 e. The Balaban J connectivity index is 1.70. The molecule has 1 amide bonds. The quantitative estimate of drug-likeness (QED) is 0.665. The summed E-state index contributed by atoms with van der Waals surface area (Å²) in [6.45, 7) is 6.82. The molecular weight excluding hydrogens is 296 g/mol. The molecule has 2 aliphatic heterocycles. The molecule has 0 radical (unpaired) electrons. The number of carbonyl (C=O) groups is 1. The second-order valence-corrected chi connectivity index (χ2v) is 6.25. The number of carbonyl (C=O) groups excluding carboxylic acids is 1. The van der Waals surface area contributed by atoms with E-state index in [-0.39, 0.29) is 17.2 Å². The fourth-order valence-corrected chi connectivity index (χ4v) is 3.39. The van der Waals surface area contributed by atoms with Crippen molar-refractivity contribution < 1.29 is 9.72 Å². The Hall–Kier alpha value is -1.99. The topological polar surface area (TPSA) is 78.7 Å². The van der Waals surface area contributed by atoms with Gasteiger partial charge in [0.05, 0.1) is 4.92 Å². The highest BCUT2D eigenvalue weighted by Crippen LogP contribution is 2.22. The largest absolute Gasteiger partial charge is 0.336 e. The van der Waals surface area contributed by atoms with Gasteiger partial charge in [-0.15, -0.1) is 0 Å². The molecule has 0 spiro atoms. The van der Waals surface area contributed by atoms with Crippen molar-refractivity contribution in [3.05, 3.63) is 39.4 Å². The highest BCUT2D eigenvalue weighted by atomic mass is 16.6. The van der Waals surface area contributed by atoms with Gasteiger partial charge in [0.15, 0.2) is 0 Å². The van der Waals surface area contributed by atoms with Crippen molar-refractivity contribution in [1.82, 2.24) is 15.1 Å². The van der Waals surface area contributed by atoms with Crippen LogP contribution in [-0.4, -0.2) is 65.9 Å². The zero-order valence-corrected chi connectivity index (χ0v) is 13.3. The smallest absolute Gasteiger partial charge is 0.282 e. The van der Waals surface area contributed by atoms with Crippen LogP contribution in [0.1, 0.15) is 22.3 Å². The number of piperazine rings is 1. The number of rotatable bonds is 3. The summed E-state index contributed by atoms with van der Waals surface area (Å²) in [6.07, 6.45) is 1.15. The Labute approximate surface area is 135 Å². The number of benzene rings is 1. The van der Waals surface area contributed by atoms with Crippen molar-refractivity contribution in [1.29, 1.82) is 0 Å². The standard InChI is InChI=1S/C16H22N4O3/c1-12-2-3-15(20(22)23)14(10-12)16(21)19-8-6-18(7-9-19)13-4-5-17-11-13/h2-3,10,13,17H,4-9,11H2,1H3. The summed E-state index contributed by atoms with van der Waals surface area (Å²) in [5.74, 6) is -0.232. The van der Waals surface area contributed by atoms with Crippen LogP contribution in [-0.2, 0) is 0 Å². The third kappa shape index (κ3) is 3.35. The third-order valence-corrected chi connectivity index (χ3v) is 4.73. The minimum absolute atomic E-state index is 0.108. The molecule has 7 heteroatoms. The molecule has 7 nitrogen and oxygen atoms in total. The predicted molar refractivity (Wildman–Crippen MR) is 86.6 cm³/mol. The Morgan fingerprint density at radius 1 is 1.30 bits per heavy atom. The van der Waals surface area contributed by atoms with Gasteiger partial charge in [-0.25, -0.2) is 0 Å². The van der Waals surface area contributed by atoms with Crippen molar-refractivity contribution in [2.24, 2.45) is 0 Å². The predicted octanol–water partition coefficient (Wildman–Crippen LogP) is 1.02. The number of nitro benzene ring substituents is 1. The summed E-state index contributed by atoms with van der Waals surface area (Å²) in [5, 5.41) is 14.5. The molecule has 3 rings (SSSR count). The number of hydrogen-bond acceptors (Lipinski definition) is 5. The maximum atomic E-state index is 12.7. The lowest BCUT2D eigenvalue weighted by Gasteiger charge is -2.37. The van der Waals surface area contributed by atoms with Gasteiger partial charge >= 0.3 is 0 Å². The van der Waals surface area contributed by atoms with E-state index in [4.69, 9.17) is 0 Å². The monoisotopic (exact) mass is 318 g/mol. The minimum atomic E-state index is -0.479. The molecule has 1 atom stereocenters. The van der Waals surface area contributed by atoms with Gasteiger partial charge in [0, 0.05) is 44.8 Å². The molecule has 1 unspecified atom stereocenters. The second-order valence-electron chi connectivity index (χ2n) is 6.25. The lowest BCUT2D eigenvalue weighted by molar-refractivity contribution is -0.385. The zero-order chi connectivity index (χ0) is 16.4. The highest BCUT2D eigenvalue weighted by Gasteiger charge is 2.30. The van der Waals surface area contributed by atoms with Crippen LogP contribution >= 0.6 is 0 Å². The first-order valence-electron chi connectivity index (χ1n) is 8.05. The third-order valence-electron chi connectivity index (χ3n) is 4.73. The fraction of sp³-hybridized carbons (Fsp3) is 0.562. The first-order valence-corrected chi connectivity index (χ1v) is 8.05. The highest BCUT2D eigenvalue weighted by molar-refractivity contribution is 5.98. The molecule has 0 bridgehead atoms. The Morgan fingerprint density at radius 2 is 2.04 bits per heavy atom. The molecule has 0 saturated carbocycles. The summed E-state index contributed by atoms with van der Waals surface area (Å²) < 4.78 is 0. The lowest BCUT2D eigenvalue weighted by Crippen LogP contribution is -2.52. The first-order chi connectivity index (χ1) is 11.1. The van der Waals surface area contributed by atoms with Crippen LogP contribution in [0.5, 0.6) is 0 Å². The van der Waals surface area contributed by atoms with Crippen LogP contribution in [0.15, 0.2) is 18.2 Å². The van der Waals surface area contributed by atoms with Crippen molar-refractivity contribution >= 4 is 11.6 Å². The van der Waals surface area contributed by atoms with Gasteiger partial charge in [-0.2, -0.15) is 0 Å². The molecule has 0 aromatic heterocycles. The molecule has 124 valence electrons. The van der Waals surface area contributed by atoms with Gasteiger partial charge in [0.2, 0.25) is 0 Å². The normalized spacial score (nSPS) is 22.3. The lowest BCUT2D eigenvalue weighted by atomic mass is 10.1. The average molecular weight is 318 g/mol. The molecule has 1 aromatic carbocycles. The van der Waals surface area contributed by atoms with Crippen LogP contribution in [0.3, 0.4) is 0 Å². The van der Waals surface area contributed by atoms with Crippen molar-refractivity contribution in [2.45, 2.75) is 19.4 Å². The number of aryl methyl sites for hydroxylation is 1. The molecule has 1 N–H and O–H groups in total. The van der Waals surface area contributed by atoms with E-state index in [2.05, 4.69) is 10.2 Å². The van der Waals surface area contributed by atoms with Gasteiger partial charge in [0.25, 0.3) is 11.6 Å². The zero-order valence-electron chi connectivity index (χ0n) is 13.3. The molecule has 0 aliphatic carbocycles. The van der Waals surface area contributed by atoms with Gasteiger partial charge in [-0.1, -0.05) is 6.07 Å². The van der Waals surface area contributed by atoms with E-state index in [9.17, 15) is 14.9 Å². The van der Waals surface area contributed by atoms with E-state index in [0.717, 1.165) is 38.2 Å². The molecule has 1 aromatic rings. The van der Waals surface area contributed by atoms with E-state index in [1.54, 1.807) is 17.0 Å². The Morgan fingerprint density at radius 3 is 2.65 bits per heavy atom. The van der Waals surface area contributed by atoms with Crippen LogP contribution in [0.4, 0.5) is 5.69 Å². The van der Waals surface area contributed by atoms with Crippen LogP contribution in [0.25, 0.3) is 0 Å². The molecular formula is C16H22N4O3. The maximum absolute atomic E-state index is 12.7. The van der Waals surface area contributed by atoms with Gasteiger partial charge < -0.3 is 10.2 Å². The molecule has 23 heavy (non-hydrogen) atoms. The van der Waals surface area contributed by atoms with Crippen molar-refractivity contribution in [3.63, 3.8) is 0 Å². The van der Waals surface area contributed by atoms with Gasteiger partial charge in [0.1, 0.15) is 5.56 Å². The fourth-order valence-electron chi connectivity index (χ4n) is 3.39. The summed E-state index contributed by atoms with van der Waals surface area (Å²) >= 11 is 0. The Kier molecular flexibility index (Phi) is 4.58. The van der Waals surface area contributed by atoms with E-state index in [0.29, 0.717) is 19.1 Å². The summed E-state index contributed by atoms with van der Waals surface area (Å²) in [5.41, 5.74) is 0.948. The Bertz CT molecular complexity index is 605. The number of nitrogens with zero attached hydrogens (tertiary/aromatic N) is 3. The van der Waals surface area contributed by atoms with Crippen molar-refractivity contribution in [2.75, 3.05) is 39.3 Å². The van der Waals surface area contributed by atoms with Gasteiger partial charge in [-0.3, -0.25) is 19.8 Å². The number of hydrogen-bond donors (Lipinski definition) is 1. The summed E-state index contributed by atoms with van der Waals surface area (Å²) in [6, 6.07) is 5.26. The van der Waals surface area contributed by atoms with E-state index >= 15 is 0 Å². The molecule has 2 fully saturated rings. The van der Waals surface area contributed by atoms with Crippen LogP contribution in [0, 0.1) is 17.0 Å². The maximum Gasteiger partial charge on any atom is 0.282 e. The van der Waals surface area contributed by atoms with Crippen LogP contribution in [0.2, 0.25) is 0 Å². The number of amides is 1. The van der Waals surface area contributed by atoms with Crippen LogP contribution < -0.4 is 5.32 Å². The summed E-state index contributed by atoms with van der Waals surface area (Å²) in [4.78, 5) is 27.5. The second kappa shape index (κ2) is 6.64. The molecule has 2 heterocycles. The SMILES string of the molecule is Cc1ccc([N+](=O)[O-])c(C(=O)N2CCN(C3CCNC3)CC2)c1. The molecule has 2 saturated heterocycles. The number of nitro groups is 1. The first kappa shape index (κ1) is 15.9. The van der Waals surface area contributed by atoms with E-state index in [1.807, 2.05) is 6.92 Å². The van der Waals surface area contributed by atoms with Gasteiger partial charge in [-0.05, 0) is 31.5 Å². The number of nitrogens with one attached hydrogen (secondary N) is 1. The van der Waals surface area contributed by atoms with E-state index in [1.165, 1.54) is 6.07 Å².